The van der Waals surface area contributed by atoms with E-state index in [9.17, 15) is 17.6 Å². The van der Waals surface area contributed by atoms with Crippen LogP contribution in [0.4, 0.5) is 17.6 Å². The van der Waals surface area contributed by atoms with Crippen LogP contribution in [0, 0.1) is 0 Å². The summed E-state index contributed by atoms with van der Waals surface area (Å²) in [5, 5.41) is 7.32. The monoisotopic (exact) mass is 275 g/mol. The SMILES string of the molecule is Cn1nc(CNCC(F)(F)C(F)F)c2ccccc21. The van der Waals surface area contributed by atoms with Gasteiger partial charge in [0.05, 0.1) is 17.8 Å². The number of benzene rings is 1. The smallest absolute Gasteiger partial charge is 0.305 e. The molecule has 0 aliphatic carbocycles. The molecule has 0 unspecified atom stereocenters. The van der Waals surface area contributed by atoms with E-state index in [-0.39, 0.29) is 6.54 Å². The topological polar surface area (TPSA) is 29.9 Å². The van der Waals surface area contributed by atoms with Gasteiger partial charge in [-0.1, -0.05) is 18.2 Å². The van der Waals surface area contributed by atoms with Crippen molar-refractivity contribution in [2.45, 2.75) is 18.9 Å². The Morgan fingerprint density at radius 3 is 2.68 bits per heavy atom. The molecule has 1 N–H and O–H groups in total. The van der Waals surface area contributed by atoms with Crippen molar-refractivity contribution in [2.75, 3.05) is 6.54 Å². The van der Waals surface area contributed by atoms with Crippen molar-refractivity contribution in [2.24, 2.45) is 7.05 Å². The van der Waals surface area contributed by atoms with Crippen LogP contribution < -0.4 is 5.32 Å². The van der Waals surface area contributed by atoms with E-state index in [0.717, 1.165) is 10.9 Å². The van der Waals surface area contributed by atoms with Gasteiger partial charge in [0.2, 0.25) is 0 Å². The van der Waals surface area contributed by atoms with Crippen LogP contribution in [-0.4, -0.2) is 28.7 Å². The van der Waals surface area contributed by atoms with Crippen LogP contribution in [0.15, 0.2) is 24.3 Å². The lowest BCUT2D eigenvalue weighted by Gasteiger charge is -2.15. The molecule has 0 aliphatic rings. The van der Waals surface area contributed by atoms with Gasteiger partial charge in [0.1, 0.15) is 0 Å². The molecule has 2 aromatic rings. The lowest BCUT2D eigenvalue weighted by Crippen LogP contribution is -2.38. The van der Waals surface area contributed by atoms with Gasteiger partial charge in [-0.25, -0.2) is 8.78 Å². The van der Waals surface area contributed by atoms with Crippen LogP contribution in [0.5, 0.6) is 0 Å². The number of hydrogen-bond donors (Lipinski definition) is 1. The second kappa shape index (κ2) is 5.16. The predicted molar refractivity (Wildman–Crippen MR) is 63.4 cm³/mol. The Morgan fingerprint density at radius 1 is 1.32 bits per heavy atom. The lowest BCUT2D eigenvalue weighted by molar-refractivity contribution is -0.125. The Balaban J connectivity index is 2.07. The van der Waals surface area contributed by atoms with Gasteiger partial charge >= 0.3 is 12.3 Å². The predicted octanol–water partition coefficient (Wildman–Crippen LogP) is 2.56. The van der Waals surface area contributed by atoms with E-state index >= 15 is 0 Å². The van der Waals surface area contributed by atoms with Crippen LogP contribution in [0.1, 0.15) is 5.69 Å². The van der Waals surface area contributed by atoms with Crippen molar-refractivity contribution in [3.05, 3.63) is 30.0 Å². The van der Waals surface area contributed by atoms with Crippen LogP contribution in [0.3, 0.4) is 0 Å². The fourth-order valence-electron chi connectivity index (χ4n) is 1.84. The molecule has 0 aliphatic heterocycles. The third kappa shape index (κ3) is 2.86. The second-order valence-corrected chi connectivity index (χ2v) is 4.25. The Labute approximate surface area is 107 Å². The van der Waals surface area contributed by atoms with Gasteiger partial charge in [0.25, 0.3) is 0 Å². The summed E-state index contributed by atoms with van der Waals surface area (Å²) in [5.41, 5.74) is 1.42. The van der Waals surface area contributed by atoms with Gasteiger partial charge < -0.3 is 5.32 Å². The lowest BCUT2D eigenvalue weighted by atomic mass is 10.2. The van der Waals surface area contributed by atoms with Gasteiger partial charge in [0.15, 0.2) is 0 Å². The summed E-state index contributed by atoms with van der Waals surface area (Å²) in [7, 11) is 1.74. The maximum Gasteiger partial charge on any atom is 0.319 e. The van der Waals surface area contributed by atoms with Gasteiger partial charge in [-0.3, -0.25) is 4.68 Å². The molecule has 3 nitrogen and oxygen atoms in total. The molecule has 0 radical (unpaired) electrons. The zero-order chi connectivity index (χ0) is 14.0. The number of halogens is 4. The van der Waals surface area contributed by atoms with Crippen molar-refractivity contribution >= 4 is 10.9 Å². The van der Waals surface area contributed by atoms with E-state index in [1.54, 1.807) is 17.8 Å². The molecule has 1 aromatic carbocycles. The highest BCUT2D eigenvalue weighted by molar-refractivity contribution is 5.81. The van der Waals surface area contributed by atoms with Crippen molar-refractivity contribution < 1.29 is 17.6 Å². The van der Waals surface area contributed by atoms with Gasteiger partial charge in [-0.15, -0.1) is 0 Å². The highest BCUT2D eigenvalue weighted by Crippen LogP contribution is 2.22. The van der Waals surface area contributed by atoms with E-state index in [2.05, 4.69) is 10.4 Å². The molecular formula is C12H13F4N3. The summed E-state index contributed by atoms with van der Waals surface area (Å²) in [5.74, 6) is -4.02. The molecule has 0 saturated heterocycles. The molecule has 7 heteroatoms. The normalized spacial score (nSPS) is 12.5. The minimum Gasteiger partial charge on any atom is -0.305 e. The van der Waals surface area contributed by atoms with Gasteiger partial charge in [-0.2, -0.15) is 13.9 Å². The molecule has 0 spiro atoms. The van der Waals surface area contributed by atoms with E-state index in [4.69, 9.17) is 0 Å². The number of aryl methyl sites for hydroxylation is 1. The molecule has 1 heterocycles. The highest BCUT2D eigenvalue weighted by Gasteiger charge is 2.40. The number of alkyl halides is 4. The van der Waals surface area contributed by atoms with Crippen LogP contribution >= 0.6 is 0 Å². The maximum absolute atomic E-state index is 12.7. The van der Waals surface area contributed by atoms with Gasteiger partial charge in [-0.05, 0) is 6.07 Å². The van der Waals surface area contributed by atoms with Crippen LogP contribution in [0.2, 0.25) is 0 Å². The molecule has 0 atom stereocenters. The number of nitrogens with zero attached hydrogens (tertiary/aromatic N) is 2. The first-order valence-electron chi connectivity index (χ1n) is 5.69. The fourth-order valence-corrected chi connectivity index (χ4v) is 1.84. The Morgan fingerprint density at radius 2 is 2.00 bits per heavy atom. The Hall–Kier alpha value is -1.63. The first kappa shape index (κ1) is 13.8. The molecular weight excluding hydrogens is 262 g/mol. The number of fused-ring (bicyclic) bond motifs is 1. The molecule has 0 amide bonds. The number of aromatic nitrogens is 2. The zero-order valence-corrected chi connectivity index (χ0v) is 10.2. The summed E-state index contributed by atoms with van der Waals surface area (Å²) in [6.07, 6.45) is -3.67. The number of rotatable bonds is 5. The van der Waals surface area contributed by atoms with Crippen molar-refractivity contribution in [1.29, 1.82) is 0 Å². The third-order valence-electron chi connectivity index (χ3n) is 2.81. The molecule has 0 bridgehead atoms. The van der Waals surface area contributed by atoms with Crippen molar-refractivity contribution in [3.8, 4) is 0 Å². The maximum atomic E-state index is 12.7. The Bertz CT molecular complexity index is 565. The highest BCUT2D eigenvalue weighted by atomic mass is 19.3. The van der Waals surface area contributed by atoms with E-state index < -0.39 is 18.9 Å². The number of hydrogen-bond acceptors (Lipinski definition) is 2. The minimum atomic E-state index is -4.02. The van der Waals surface area contributed by atoms with Crippen molar-refractivity contribution in [3.63, 3.8) is 0 Å². The van der Waals surface area contributed by atoms with E-state index in [1.807, 2.05) is 18.2 Å². The zero-order valence-electron chi connectivity index (χ0n) is 10.2. The van der Waals surface area contributed by atoms with Crippen LogP contribution in [-0.2, 0) is 13.6 Å². The summed E-state index contributed by atoms with van der Waals surface area (Å²) >= 11 is 0. The van der Waals surface area contributed by atoms with Crippen molar-refractivity contribution in [1.82, 2.24) is 15.1 Å². The molecule has 19 heavy (non-hydrogen) atoms. The Kier molecular flexibility index (Phi) is 3.75. The van der Waals surface area contributed by atoms with E-state index in [0.29, 0.717) is 5.69 Å². The molecule has 104 valence electrons. The van der Waals surface area contributed by atoms with Gasteiger partial charge in [0, 0.05) is 19.0 Å². The molecule has 0 saturated carbocycles. The van der Waals surface area contributed by atoms with E-state index in [1.165, 1.54) is 0 Å². The average molecular weight is 275 g/mol. The standard InChI is InChI=1S/C12H13F4N3/c1-19-10-5-3-2-4-8(10)9(18-19)6-17-7-12(15,16)11(13)14/h2-5,11,17H,6-7H2,1H3. The fraction of sp³-hybridized carbons (Fsp3) is 0.417. The quantitative estimate of drug-likeness (QED) is 0.850. The average Bonchev–Trinajstić information content (AvgIpc) is 2.67. The summed E-state index contributed by atoms with van der Waals surface area (Å²) in [6, 6.07) is 7.30. The van der Waals surface area contributed by atoms with Crippen LogP contribution in [0.25, 0.3) is 10.9 Å². The number of para-hydroxylation sites is 1. The molecule has 0 fully saturated rings. The summed E-state index contributed by atoms with van der Waals surface area (Å²) < 4.78 is 51.1. The minimum absolute atomic E-state index is 0.0175. The first-order chi connectivity index (χ1) is 8.92. The summed E-state index contributed by atoms with van der Waals surface area (Å²) in [6.45, 7) is -1.06. The largest absolute Gasteiger partial charge is 0.319 e. The molecule has 1 aromatic heterocycles. The number of nitrogens with one attached hydrogen (secondary N) is 1. The molecule has 2 rings (SSSR count). The second-order valence-electron chi connectivity index (χ2n) is 4.25. The first-order valence-corrected chi connectivity index (χ1v) is 5.69. The summed E-state index contributed by atoms with van der Waals surface area (Å²) in [4.78, 5) is 0. The third-order valence-corrected chi connectivity index (χ3v) is 2.81.